The summed E-state index contributed by atoms with van der Waals surface area (Å²) in [5.41, 5.74) is 0.880. The van der Waals surface area contributed by atoms with Crippen molar-refractivity contribution < 1.29 is 28.6 Å². The molecular weight excluding hydrogens is 424 g/mol. The van der Waals surface area contributed by atoms with Crippen LogP contribution in [0.1, 0.15) is 30.1 Å². The molecule has 0 spiro atoms. The summed E-state index contributed by atoms with van der Waals surface area (Å²) in [6.45, 7) is 1.76. The number of anilines is 1. The van der Waals surface area contributed by atoms with E-state index in [1.807, 2.05) is 0 Å². The van der Waals surface area contributed by atoms with Crippen LogP contribution in [0.15, 0.2) is 42.5 Å². The van der Waals surface area contributed by atoms with Crippen molar-refractivity contribution in [3.8, 4) is 11.5 Å². The first-order valence-electron chi connectivity index (χ1n) is 9.60. The Labute approximate surface area is 185 Å². The van der Waals surface area contributed by atoms with Crippen LogP contribution in [0.25, 0.3) is 0 Å². The van der Waals surface area contributed by atoms with Crippen LogP contribution in [0.5, 0.6) is 11.5 Å². The lowest BCUT2D eigenvalue weighted by molar-refractivity contribution is -0.153. The summed E-state index contributed by atoms with van der Waals surface area (Å²) in [7, 11) is 2.99. The number of esters is 1. The third-order valence-electron chi connectivity index (χ3n) is 4.29. The van der Waals surface area contributed by atoms with Crippen LogP contribution in [-0.2, 0) is 14.3 Å². The first-order valence-corrected chi connectivity index (χ1v) is 9.98. The Morgan fingerprint density at radius 3 is 2.39 bits per heavy atom. The lowest BCUT2D eigenvalue weighted by atomic mass is 10.2. The van der Waals surface area contributed by atoms with Crippen molar-refractivity contribution >= 4 is 35.1 Å². The average Bonchev–Trinajstić information content (AvgIpc) is 2.76. The second-order valence-corrected chi connectivity index (χ2v) is 6.99. The van der Waals surface area contributed by atoms with Gasteiger partial charge in [-0.1, -0.05) is 11.6 Å². The van der Waals surface area contributed by atoms with E-state index in [0.29, 0.717) is 34.2 Å². The van der Waals surface area contributed by atoms with Crippen LogP contribution < -0.4 is 20.1 Å². The lowest BCUT2D eigenvalue weighted by Crippen LogP contribution is -2.30. The number of hydrogen-bond donors (Lipinski definition) is 2. The van der Waals surface area contributed by atoms with E-state index in [2.05, 4.69) is 10.6 Å². The minimum absolute atomic E-state index is 0.0565. The second-order valence-electron chi connectivity index (χ2n) is 6.55. The Kier molecular flexibility index (Phi) is 9.14. The number of hydrogen-bond acceptors (Lipinski definition) is 6. The lowest BCUT2D eigenvalue weighted by Gasteiger charge is -2.16. The number of rotatable bonds is 10. The largest absolute Gasteiger partial charge is 0.497 e. The smallest absolute Gasteiger partial charge is 0.306 e. The minimum Gasteiger partial charge on any atom is -0.497 e. The molecule has 0 saturated heterocycles. The Morgan fingerprint density at radius 1 is 1.03 bits per heavy atom. The quantitative estimate of drug-likeness (QED) is 0.426. The summed E-state index contributed by atoms with van der Waals surface area (Å²) in [5, 5.41) is 5.91. The fraction of sp³-hybridized carbons (Fsp3) is 0.318. The molecule has 2 aromatic carbocycles. The molecule has 2 aromatic rings. The molecule has 0 saturated carbocycles. The number of methoxy groups -OCH3 is 2. The summed E-state index contributed by atoms with van der Waals surface area (Å²) in [4.78, 5) is 36.4. The minimum atomic E-state index is -1.01. The van der Waals surface area contributed by atoms with Crippen LogP contribution in [0, 0.1) is 0 Å². The monoisotopic (exact) mass is 448 g/mol. The van der Waals surface area contributed by atoms with E-state index in [9.17, 15) is 14.4 Å². The van der Waals surface area contributed by atoms with E-state index in [4.69, 9.17) is 25.8 Å². The van der Waals surface area contributed by atoms with E-state index in [1.165, 1.54) is 21.1 Å². The molecular formula is C22H25ClN2O6. The van der Waals surface area contributed by atoms with Gasteiger partial charge in [0.2, 0.25) is 0 Å². The molecule has 0 aliphatic carbocycles. The van der Waals surface area contributed by atoms with Crippen molar-refractivity contribution in [2.75, 3.05) is 26.1 Å². The number of ether oxygens (including phenoxy) is 3. The predicted molar refractivity (Wildman–Crippen MR) is 117 cm³/mol. The van der Waals surface area contributed by atoms with Gasteiger partial charge in [0.25, 0.3) is 11.8 Å². The van der Waals surface area contributed by atoms with Gasteiger partial charge in [0, 0.05) is 29.6 Å². The summed E-state index contributed by atoms with van der Waals surface area (Å²) in [6.07, 6.45) is -0.580. The van der Waals surface area contributed by atoms with Gasteiger partial charge in [-0.05, 0) is 49.7 Å². The molecule has 9 heteroatoms. The molecule has 0 bridgehead atoms. The fourth-order valence-electron chi connectivity index (χ4n) is 2.59. The standard InChI is InChI=1S/C22H25ClN2O6/c1-14(21(27)25-18-13-17(29-2)10-11-19(18)30-3)31-20(26)5-4-12-24-22(28)15-6-8-16(23)9-7-15/h6-11,13-14H,4-5,12H2,1-3H3,(H,24,28)(H,25,27). The first kappa shape index (κ1) is 24.0. The van der Waals surface area contributed by atoms with Gasteiger partial charge in [-0.3, -0.25) is 14.4 Å². The number of benzene rings is 2. The molecule has 8 nitrogen and oxygen atoms in total. The van der Waals surface area contributed by atoms with E-state index in [0.717, 1.165) is 0 Å². The van der Waals surface area contributed by atoms with E-state index in [-0.39, 0.29) is 18.9 Å². The zero-order chi connectivity index (χ0) is 22.8. The van der Waals surface area contributed by atoms with Gasteiger partial charge in [-0.2, -0.15) is 0 Å². The Morgan fingerprint density at radius 2 is 1.74 bits per heavy atom. The predicted octanol–water partition coefficient (Wildman–Crippen LogP) is 3.44. The highest BCUT2D eigenvalue weighted by Crippen LogP contribution is 2.29. The summed E-state index contributed by atoms with van der Waals surface area (Å²) in [5.74, 6) is -0.313. The number of nitrogens with one attached hydrogen (secondary N) is 2. The molecule has 166 valence electrons. The fourth-order valence-corrected chi connectivity index (χ4v) is 2.72. The molecule has 0 fully saturated rings. The van der Waals surface area contributed by atoms with Crippen molar-refractivity contribution in [1.82, 2.24) is 5.32 Å². The number of carbonyl (C=O) groups excluding carboxylic acids is 3. The Bertz CT molecular complexity index is 917. The van der Waals surface area contributed by atoms with Gasteiger partial charge in [0.05, 0.1) is 19.9 Å². The number of amides is 2. The Hall–Kier alpha value is -3.26. The van der Waals surface area contributed by atoms with Crippen molar-refractivity contribution in [2.24, 2.45) is 0 Å². The highest BCUT2D eigenvalue weighted by Gasteiger charge is 2.19. The normalized spacial score (nSPS) is 11.2. The SMILES string of the molecule is COc1ccc(OC)c(NC(=O)C(C)OC(=O)CCCNC(=O)c2ccc(Cl)cc2)c1. The second kappa shape index (κ2) is 11.8. The van der Waals surface area contributed by atoms with Crippen molar-refractivity contribution in [2.45, 2.75) is 25.9 Å². The van der Waals surface area contributed by atoms with Gasteiger partial charge in [0.1, 0.15) is 11.5 Å². The van der Waals surface area contributed by atoms with E-state index >= 15 is 0 Å². The van der Waals surface area contributed by atoms with Crippen LogP contribution in [0.4, 0.5) is 5.69 Å². The number of carbonyl (C=O) groups is 3. The van der Waals surface area contributed by atoms with Gasteiger partial charge in [0.15, 0.2) is 6.10 Å². The third kappa shape index (κ3) is 7.49. The molecule has 0 aromatic heterocycles. The van der Waals surface area contributed by atoms with Crippen LogP contribution >= 0.6 is 11.6 Å². The molecule has 0 aliphatic heterocycles. The van der Waals surface area contributed by atoms with E-state index < -0.39 is 18.0 Å². The van der Waals surface area contributed by atoms with Crippen molar-refractivity contribution in [3.05, 3.63) is 53.1 Å². The van der Waals surface area contributed by atoms with Gasteiger partial charge < -0.3 is 24.8 Å². The maximum atomic E-state index is 12.4. The summed E-state index contributed by atoms with van der Waals surface area (Å²) in [6, 6.07) is 11.4. The molecule has 2 amide bonds. The molecule has 2 N–H and O–H groups in total. The first-order chi connectivity index (χ1) is 14.8. The molecule has 1 atom stereocenters. The maximum absolute atomic E-state index is 12.4. The van der Waals surface area contributed by atoms with Gasteiger partial charge in [-0.25, -0.2) is 0 Å². The van der Waals surface area contributed by atoms with Crippen LogP contribution in [0.3, 0.4) is 0 Å². The molecule has 1 unspecified atom stereocenters. The topological polar surface area (TPSA) is 103 Å². The Balaban J connectivity index is 1.75. The zero-order valence-corrected chi connectivity index (χ0v) is 18.3. The molecule has 0 aliphatic rings. The molecule has 2 rings (SSSR count). The van der Waals surface area contributed by atoms with E-state index in [1.54, 1.807) is 42.5 Å². The van der Waals surface area contributed by atoms with Crippen molar-refractivity contribution in [1.29, 1.82) is 0 Å². The van der Waals surface area contributed by atoms with Gasteiger partial charge >= 0.3 is 5.97 Å². The summed E-state index contributed by atoms with van der Waals surface area (Å²) >= 11 is 5.79. The molecule has 0 radical (unpaired) electrons. The van der Waals surface area contributed by atoms with Gasteiger partial charge in [-0.15, -0.1) is 0 Å². The third-order valence-corrected chi connectivity index (χ3v) is 4.54. The highest BCUT2D eigenvalue weighted by atomic mass is 35.5. The maximum Gasteiger partial charge on any atom is 0.306 e. The average molecular weight is 449 g/mol. The van der Waals surface area contributed by atoms with Crippen LogP contribution in [-0.4, -0.2) is 44.7 Å². The summed E-state index contributed by atoms with van der Waals surface area (Å²) < 4.78 is 15.5. The van der Waals surface area contributed by atoms with Crippen LogP contribution in [0.2, 0.25) is 5.02 Å². The zero-order valence-electron chi connectivity index (χ0n) is 17.6. The highest BCUT2D eigenvalue weighted by molar-refractivity contribution is 6.30. The number of halogens is 1. The molecule has 31 heavy (non-hydrogen) atoms. The van der Waals surface area contributed by atoms with Crippen molar-refractivity contribution in [3.63, 3.8) is 0 Å². The molecule has 0 heterocycles.